The molecule has 0 fully saturated rings. The van der Waals surface area contributed by atoms with Gasteiger partial charge in [-0.2, -0.15) is 5.10 Å². The molecule has 6 nitrogen and oxygen atoms in total. The molecular formula is C22H20FN3O3S. The number of benzene rings is 2. The topological polar surface area (TPSA) is 73.2 Å². The number of hydrogen-bond acceptors (Lipinski definition) is 5. The number of ether oxygens (including phenoxy) is 1. The molecule has 1 aromatic heterocycles. The average Bonchev–Trinajstić information content (AvgIpc) is 2.76. The molecule has 2 aromatic carbocycles. The Morgan fingerprint density at radius 2 is 2.03 bits per heavy atom. The molecule has 1 amide bonds. The number of carbonyl (C=O) groups excluding carboxylic acids is 1. The third-order valence-corrected chi connectivity index (χ3v) is 5.85. The Balaban J connectivity index is 1.44. The molecule has 1 aliphatic rings. The Morgan fingerprint density at radius 1 is 1.20 bits per heavy atom. The molecule has 8 heteroatoms. The Morgan fingerprint density at radius 3 is 2.87 bits per heavy atom. The fraction of sp³-hybridized carbons (Fsp3) is 0.227. The first-order valence-corrected chi connectivity index (χ1v) is 10.6. The molecule has 1 N–H and O–H groups in total. The minimum absolute atomic E-state index is 0.130. The first-order valence-electron chi connectivity index (χ1n) is 9.59. The van der Waals surface area contributed by atoms with Gasteiger partial charge in [0.1, 0.15) is 23.9 Å². The number of halogens is 1. The van der Waals surface area contributed by atoms with Crippen molar-refractivity contribution in [3.8, 4) is 5.75 Å². The van der Waals surface area contributed by atoms with Gasteiger partial charge in [0.15, 0.2) is 0 Å². The molecule has 1 atom stereocenters. The van der Waals surface area contributed by atoms with Crippen LogP contribution in [-0.4, -0.2) is 28.0 Å². The van der Waals surface area contributed by atoms with E-state index in [1.807, 2.05) is 30.3 Å². The van der Waals surface area contributed by atoms with Gasteiger partial charge in [0.25, 0.3) is 11.5 Å². The van der Waals surface area contributed by atoms with Crippen LogP contribution in [0.2, 0.25) is 0 Å². The lowest BCUT2D eigenvalue weighted by atomic mass is 10.0. The Bertz CT molecular complexity index is 1100. The number of thioether (sulfide) groups is 1. The van der Waals surface area contributed by atoms with Gasteiger partial charge in [-0.1, -0.05) is 18.2 Å². The summed E-state index contributed by atoms with van der Waals surface area (Å²) in [7, 11) is 0. The van der Waals surface area contributed by atoms with Crippen LogP contribution in [0.4, 0.5) is 4.39 Å². The summed E-state index contributed by atoms with van der Waals surface area (Å²) in [4.78, 5) is 25.8. The van der Waals surface area contributed by atoms with E-state index in [0.29, 0.717) is 12.2 Å². The molecule has 30 heavy (non-hydrogen) atoms. The van der Waals surface area contributed by atoms with E-state index < -0.39 is 5.91 Å². The van der Waals surface area contributed by atoms with Crippen LogP contribution in [0.25, 0.3) is 0 Å². The van der Waals surface area contributed by atoms with E-state index in [0.717, 1.165) is 16.2 Å². The molecule has 3 aromatic rings. The largest absolute Gasteiger partial charge is 0.492 e. The van der Waals surface area contributed by atoms with Crippen LogP contribution in [0.3, 0.4) is 0 Å². The van der Waals surface area contributed by atoms with Gasteiger partial charge in [0.05, 0.1) is 12.6 Å². The summed E-state index contributed by atoms with van der Waals surface area (Å²) >= 11 is 1.64. The van der Waals surface area contributed by atoms with Crippen LogP contribution in [0.15, 0.2) is 70.4 Å². The molecule has 0 saturated carbocycles. The zero-order valence-electron chi connectivity index (χ0n) is 16.1. The van der Waals surface area contributed by atoms with Crippen LogP contribution < -0.4 is 15.6 Å². The number of nitrogens with one attached hydrogen (secondary N) is 1. The van der Waals surface area contributed by atoms with Crippen molar-refractivity contribution in [2.24, 2.45) is 0 Å². The molecule has 1 aliphatic heterocycles. The predicted molar refractivity (Wildman–Crippen MR) is 112 cm³/mol. The second-order valence-corrected chi connectivity index (χ2v) is 7.92. The van der Waals surface area contributed by atoms with Crippen molar-refractivity contribution < 1.29 is 13.9 Å². The lowest BCUT2D eigenvalue weighted by Gasteiger charge is -2.25. The highest BCUT2D eigenvalue weighted by atomic mass is 32.2. The van der Waals surface area contributed by atoms with E-state index in [1.165, 1.54) is 28.9 Å². The molecule has 0 radical (unpaired) electrons. The molecule has 2 heterocycles. The second-order valence-electron chi connectivity index (χ2n) is 6.79. The van der Waals surface area contributed by atoms with E-state index in [-0.39, 0.29) is 36.3 Å². The number of rotatable bonds is 6. The van der Waals surface area contributed by atoms with Crippen molar-refractivity contribution in [1.82, 2.24) is 15.1 Å². The van der Waals surface area contributed by atoms with Crippen LogP contribution in [0.5, 0.6) is 5.75 Å². The average molecular weight is 425 g/mol. The summed E-state index contributed by atoms with van der Waals surface area (Å²) in [5.41, 5.74) is 0.583. The number of nitrogens with zero attached hydrogens (tertiary/aromatic N) is 2. The Labute approximate surface area is 177 Å². The van der Waals surface area contributed by atoms with Gasteiger partial charge in [-0.25, -0.2) is 9.07 Å². The van der Waals surface area contributed by atoms with E-state index >= 15 is 0 Å². The summed E-state index contributed by atoms with van der Waals surface area (Å²) in [6, 6.07) is 16.3. The van der Waals surface area contributed by atoms with Gasteiger partial charge >= 0.3 is 0 Å². The van der Waals surface area contributed by atoms with Gasteiger partial charge in [0, 0.05) is 16.7 Å². The number of aromatic nitrogens is 2. The second kappa shape index (κ2) is 9.13. The molecule has 0 bridgehead atoms. The minimum Gasteiger partial charge on any atom is -0.492 e. The maximum Gasteiger partial charge on any atom is 0.272 e. The Hall–Kier alpha value is -3.13. The number of fused-ring (bicyclic) bond motifs is 1. The third kappa shape index (κ3) is 4.71. The zero-order valence-corrected chi connectivity index (χ0v) is 16.9. The molecule has 4 rings (SSSR count). The van der Waals surface area contributed by atoms with Crippen molar-refractivity contribution in [3.05, 3.63) is 88.1 Å². The fourth-order valence-corrected chi connectivity index (χ4v) is 4.35. The number of hydrogen-bond donors (Lipinski definition) is 1. The van der Waals surface area contributed by atoms with E-state index in [2.05, 4.69) is 10.4 Å². The maximum atomic E-state index is 13.7. The smallest absolute Gasteiger partial charge is 0.272 e. The summed E-state index contributed by atoms with van der Waals surface area (Å²) < 4.78 is 20.5. The summed E-state index contributed by atoms with van der Waals surface area (Å²) in [6.45, 7) is 0.456. The standard InChI is InChI=1S/C22H20FN3O3S/c23-15-6-8-20-17(14-15)18(10-13-30-20)24-22(28)19-7-9-21(27)26(25-19)11-12-29-16-4-2-1-3-5-16/h1-9,14,18H,10-13H2,(H,24,28). The van der Waals surface area contributed by atoms with Gasteiger partial charge in [-0.3, -0.25) is 9.59 Å². The van der Waals surface area contributed by atoms with Crippen molar-refractivity contribution in [1.29, 1.82) is 0 Å². The molecular weight excluding hydrogens is 405 g/mol. The van der Waals surface area contributed by atoms with Crippen LogP contribution in [-0.2, 0) is 6.54 Å². The molecule has 0 aliphatic carbocycles. The minimum atomic E-state index is -0.403. The third-order valence-electron chi connectivity index (χ3n) is 4.73. The highest BCUT2D eigenvalue weighted by Crippen LogP contribution is 2.36. The van der Waals surface area contributed by atoms with Crippen molar-refractivity contribution in [2.45, 2.75) is 23.9 Å². The molecule has 0 spiro atoms. The Kier molecular flexibility index (Phi) is 6.13. The van der Waals surface area contributed by atoms with E-state index in [4.69, 9.17) is 4.74 Å². The monoisotopic (exact) mass is 425 g/mol. The van der Waals surface area contributed by atoms with Gasteiger partial charge < -0.3 is 10.1 Å². The number of amides is 1. The fourth-order valence-electron chi connectivity index (χ4n) is 3.24. The lowest BCUT2D eigenvalue weighted by Crippen LogP contribution is -2.34. The normalized spacial score (nSPS) is 15.3. The van der Waals surface area contributed by atoms with Crippen LogP contribution in [0, 0.1) is 5.82 Å². The van der Waals surface area contributed by atoms with E-state index in [9.17, 15) is 14.0 Å². The van der Waals surface area contributed by atoms with Crippen LogP contribution >= 0.6 is 11.8 Å². The van der Waals surface area contributed by atoms with E-state index in [1.54, 1.807) is 17.8 Å². The number of carbonyl (C=O) groups is 1. The first kappa shape index (κ1) is 20.2. The number of para-hydroxylation sites is 1. The summed E-state index contributed by atoms with van der Waals surface area (Å²) in [5, 5.41) is 7.09. The van der Waals surface area contributed by atoms with Gasteiger partial charge in [-0.15, -0.1) is 11.8 Å². The molecule has 154 valence electrons. The summed E-state index contributed by atoms with van der Waals surface area (Å²) in [5.74, 6) is 0.786. The highest BCUT2D eigenvalue weighted by Gasteiger charge is 2.24. The maximum absolute atomic E-state index is 13.7. The van der Waals surface area contributed by atoms with Gasteiger partial charge in [-0.05, 0) is 48.4 Å². The summed E-state index contributed by atoms with van der Waals surface area (Å²) in [6.07, 6.45) is 0.692. The first-order chi connectivity index (χ1) is 14.6. The van der Waals surface area contributed by atoms with Crippen molar-refractivity contribution >= 4 is 17.7 Å². The predicted octanol–water partition coefficient (Wildman–Crippen LogP) is 3.43. The van der Waals surface area contributed by atoms with Gasteiger partial charge in [0.2, 0.25) is 0 Å². The highest BCUT2D eigenvalue weighted by molar-refractivity contribution is 7.99. The van der Waals surface area contributed by atoms with Crippen molar-refractivity contribution in [3.63, 3.8) is 0 Å². The van der Waals surface area contributed by atoms with Crippen molar-refractivity contribution in [2.75, 3.05) is 12.4 Å². The molecule has 1 unspecified atom stereocenters. The quantitative estimate of drug-likeness (QED) is 0.655. The van der Waals surface area contributed by atoms with Crippen LogP contribution in [0.1, 0.15) is 28.5 Å². The lowest BCUT2D eigenvalue weighted by molar-refractivity contribution is 0.0926. The SMILES string of the molecule is O=C(NC1CCSc2ccc(F)cc21)c1ccc(=O)n(CCOc2ccccc2)n1. The zero-order chi connectivity index (χ0) is 20.9. The molecule has 0 saturated heterocycles.